The van der Waals surface area contributed by atoms with Crippen LogP contribution < -0.4 is 14.8 Å². The minimum atomic E-state index is 0.251. The van der Waals surface area contributed by atoms with Gasteiger partial charge >= 0.3 is 0 Å². The predicted molar refractivity (Wildman–Crippen MR) is 67.0 cm³/mol. The Morgan fingerprint density at radius 2 is 2.18 bits per heavy atom. The SMILES string of the molecule is Clc1cc2c(cc1NCc1cscn1)OCO2. The molecule has 88 valence electrons. The van der Waals surface area contributed by atoms with Gasteiger partial charge in [0.15, 0.2) is 11.5 Å². The number of thiazole rings is 1. The van der Waals surface area contributed by atoms with Crippen LogP contribution in [0.15, 0.2) is 23.0 Å². The van der Waals surface area contributed by atoms with Crippen molar-refractivity contribution >= 4 is 28.6 Å². The second-order valence-corrected chi connectivity index (χ2v) is 4.64. The van der Waals surface area contributed by atoms with Gasteiger partial charge in [-0.25, -0.2) is 4.98 Å². The average molecular weight is 269 g/mol. The van der Waals surface area contributed by atoms with E-state index < -0.39 is 0 Å². The maximum Gasteiger partial charge on any atom is 0.231 e. The van der Waals surface area contributed by atoms with Gasteiger partial charge in [0, 0.05) is 17.5 Å². The van der Waals surface area contributed by atoms with E-state index in [-0.39, 0.29) is 6.79 Å². The highest BCUT2D eigenvalue weighted by molar-refractivity contribution is 7.07. The van der Waals surface area contributed by atoms with Crippen molar-refractivity contribution in [1.82, 2.24) is 4.98 Å². The molecule has 0 bridgehead atoms. The number of hydrogen-bond donors (Lipinski definition) is 1. The van der Waals surface area contributed by atoms with Crippen LogP contribution in [0.25, 0.3) is 0 Å². The van der Waals surface area contributed by atoms with E-state index in [1.165, 1.54) is 0 Å². The molecule has 0 radical (unpaired) electrons. The van der Waals surface area contributed by atoms with Gasteiger partial charge in [-0.05, 0) is 0 Å². The molecule has 4 nitrogen and oxygen atoms in total. The molecule has 6 heteroatoms. The summed E-state index contributed by atoms with van der Waals surface area (Å²) in [6.07, 6.45) is 0. The normalized spacial score (nSPS) is 12.8. The molecule has 1 N–H and O–H groups in total. The quantitative estimate of drug-likeness (QED) is 0.929. The number of fused-ring (bicyclic) bond motifs is 1. The third-order valence-electron chi connectivity index (χ3n) is 2.41. The molecule has 0 saturated heterocycles. The van der Waals surface area contributed by atoms with Gasteiger partial charge in [-0.3, -0.25) is 0 Å². The summed E-state index contributed by atoms with van der Waals surface area (Å²) in [6.45, 7) is 0.893. The zero-order valence-corrected chi connectivity index (χ0v) is 10.3. The molecule has 1 aromatic carbocycles. The first kappa shape index (κ1) is 10.7. The Morgan fingerprint density at radius 3 is 2.94 bits per heavy atom. The van der Waals surface area contributed by atoms with Crippen molar-refractivity contribution in [1.29, 1.82) is 0 Å². The van der Waals surface area contributed by atoms with Crippen molar-refractivity contribution in [3.05, 3.63) is 33.7 Å². The molecule has 0 saturated carbocycles. The maximum atomic E-state index is 6.13. The van der Waals surface area contributed by atoms with Gasteiger partial charge in [-0.2, -0.15) is 0 Å². The minimum absolute atomic E-state index is 0.251. The molecule has 0 atom stereocenters. The van der Waals surface area contributed by atoms with Crippen LogP contribution in [0, 0.1) is 0 Å². The number of hydrogen-bond acceptors (Lipinski definition) is 5. The van der Waals surface area contributed by atoms with Crippen molar-refractivity contribution in [2.75, 3.05) is 12.1 Å². The lowest BCUT2D eigenvalue weighted by Gasteiger charge is -2.08. The summed E-state index contributed by atoms with van der Waals surface area (Å²) in [6, 6.07) is 3.60. The molecule has 1 aliphatic rings. The van der Waals surface area contributed by atoms with Gasteiger partial charge in [0.05, 0.1) is 28.5 Å². The van der Waals surface area contributed by atoms with Crippen molar-refractivity contribution in [3.63, 3.8) is 0 Å². The van der Waals surface area contributed by atoms with Gasteiger partial charge in [0.1, 0.15) is 0 Å². The van der Waals surface area contributed by atoms with Gasteiger partial charge < -0.3 is 14.8 Å². The fourth-order valence-electron chi connectivity index (χ4n) is 1.56. The van der Waals surface area contributed by atoms with Gasteiger partial charge in [-0.1, -0.05) is 11.6 Å². The molecule has 17 heavy (non-hydrogen) atoms. The van der Waals surface area contributed by atoms with Gasteiger partial charge in [0.25, 0.3) is 0 Å². The average Bonchev–Trinajstić information content (AvgIpc) is 2.95. The number of benzene rings is 1. The molecule has 0 amide bonds. The first-order chi connectivity index (χ1) is 8.33. The smallest absolute Gasteiger partial charge is 0.231 e. The molecule has 3 rings (SSSR count). The number of halogens is 1. The second kappa shape index (κ2) is 4.43. The first-order valence-corrected chi connectivity index (χ1v) is 6.35. The highest BCUT2D eigenvalue weighted by Crippen LogP contribution is 2.39. The lowest BCUT2D eigenvalue weighted by atomic mass is 10.2. The minimum Gasteiger partial charge on any atom is -0.454 e. The Morgan fingerprint density at radius 1 is 1.35 bits per heavy atom. The number of nitrogens with zero attached hydrogens (tertiary/aromatic N) is 1. The van der Waals surface area contributed by atoms with E-state index in [0.717, 1.165) is 17.1 Å². The van der Waals surface area contributed by atoms with Crippen molar-refractivity contribution in [2.45, 2.75) is 6.54 Å². The molecule has 1 aliphatic heterocycles. The maximum absolute atomic E-state index is 6.13. The van der Waals surface area contributed by atoms with E-state index in [1.54, 1.807) is 22.9 Å². The van der Waals surface area contributed by atoms with E-state index in [9.17, 15) is 0 Å². The number of rotatable bonds is 3. The van der Waals surface area contributed by atoms with Crippen LogP contribution >= 0.6 is 22.9 Å². The van der Waals surface area contributed by atoms with E-state index in [1.807, 2.05) is 11.4 Å². The van der Waals surface area contributed by atoms with Crippen LogP contribution in [0.5, 0.6) is 11.5 Å². The lowest BCUT2D eigenvalue weighted by molar-refractivity contribution is 0.174. The van der Waals surface area contributed by atoms with Crippen LogP contribution in [-0.4, -0.2) is 11.8 Å². The number of nitrogens with one attached hydrogen (secondary N) is 1. The van der Waals surface area contributed by atoms with E-state index in [4.69, 9.17) is 21.1 Å². The fraction of sp³-hybridized carbons (Fsp3) is 0.182. The molecule has 2 heterocycles. The molecule has 1 aromatic heterocycles. The summed E-state index contributed by atoms with van der Waals surface area (Å²) >= 11 is 7.70. The molecular weight excluding hydrogens is 260 g/mol. The third kappa shape index (κ3) is 2.16. The monoisotopic (exact) mass is 268 g/mol. The van der Waals surface area contributed by atoms with Crippen LogP contribution in [-0.2, 0) is 6.54 Å². The molecule has 0 spiro atoms. The molecule has 0 fully saturated rings. The highest BCUT2D eigenvalue weighted by atomic mass is 35.5. The Bertz CT molecular complexity index is 531. The fourth-order valence-corrected chi connectivity index (χ4v) is 2.34. The Hall–Kier alpha value is -1.46. The highest BCUT2D eigenvalue weighted by Gasteiger charge is 2.16. The molecular formula is C11H9ClN2O2S. The van der Waals surface area contributed by atoms with Crippen molar-refractivity contribution in [3.8, 4) is 11.5 Å². The summed E-state index contributed by atoms with van der Waals surface area (Å²) in [5.41, 5.74) is 3.62. The van der Waals surface area contributed by atoms with E-state index in [0.29, 0.717) is 17.3 Å². The Balaban J connectivity index is 1.79. The van der Waals surface area contributed by atoms with E-state index in [2.05, 4.69) is 10.3 Å². The van der Waals surface area contributed by atoms with Crippen molar-refractivity contribution < 1.29 is 9.47 Å². The Labute approximate surface area is 107 Å². The lowest BCUT2D eigenvalue weighted by Crippen LogP contribution is -2.00. The zero-order valence-electron chi connectivity index (χ0n) is 8.77. The predicted octanol–water partition coefficient (Wildman–Crippen LogP) is 3.14. The van der Waals surface area contributed by atoms with Gasteiger partial charge in [0.2, 0.25) is 6.79 Å². The first-order valence-electron chi connectivity index (χ1n) is 5.03. The summed E-state index contributed by atoms with van der Waals surface area (Å²) in [4.78, 5) is 4.19. The van der Waals surface area contributed by atoms with Crippen LogP contribution in [0.4, 0.5) is 5.69 Å². The Kier molecular flexibility index (Phi) is 2.78. The number of aromatic nitrogens is 1. The number of anilines is 1. The van der Waals surface area contributed by atoms with Crippen molar-refractivity contribution in [2.24, 2.45) is 0 Å². The van der Waals surface area contributed by atoms with Crippen LogP contribution in [0.1, 0.15) is 5.69 Å². The summed E-state index contributed by atoms with van der Waals surface area (Å²) in [7, 11) is 0. The second-order valence-electron chi connectivity index (χ2n) is 3.52. The third-order valence-corrected chi connectivity index (χ3v) is 3.35. The van der Waals surface area contributed by atoms with E-state index >= 15 is 0 Å². The molecule has 0 aliphatic carbocycles. The van der Waals surface area contributed by atoms with Crippen LogP contribution in [0.2, 0.25) is 5.02 Å². The summed E-state index contributed by atoms with van der Waals surface area (Å²) in [5.74, 6) is 1.41. The zero-order chi connectivity index (χ0) is 11.7. The number of ether oxygens (including phenoxy) is 2. The topological polar surface area (TPSA) is 43.4 Å². The standard InChI is InChI=1S/C11H9ClN2O2S/c12-8-1-10-11(16-6-15-10)2-9(8)13-3-7-4-17-5-14-7/h1-2,4-5,13H,3,6H2. The van der Waals surface area contributed by atoms with Crippen LogP contribution in [0.3, 0.4) is 0 Å². The van der Waals surface area contributed by atoms with Gasteiger partial charge in [-0.15, -0.1) is 11.3 Å². The summed E-state index contributed by atoms with van der Waals surface area (Å²) in [5, 5.41) is 5.83. The molecule has 0 unspecified atom stereocenters. The summed E-state index contributed by atoms with van der Waals surface area (Å²) < 4.78 is 10.5. The largest absolute Gasteiger partial charge is 0.454 e. The molecule has 2 aromatic rings.